The number of ether oxygens (including phenoxy) is 3. The van der Waals surface area contributed by atoms with Crippen molar-refractivity contribution in [2.45, 2.75) is 62.3 Å². The maximum Gasteiger partial charge on any atom is 0.416 e. The highest BCUT2D eigenvalue weighted by Crippen LogP contribution is 2.48. The highest BCUT2D eigenvalue weighted by Gasteiger charge is 2.54. The van der Waals surface area contributed by atoms with Crippen LogP contribution in [0.4, 0.5) is 26.3 Å². The van der Waals surface area contributed by atoms with Gasteiger partial charge in [0.2, 0.25) is 0 Å². The SMILES string of the molecule is Cl.OCCCOCCOCC1CC2(c3ccccc3)NC1CCC2OCc1cc(C(F)(F)F)cc(C(F)(F)F)c1. The van der Waals surface area contributed by atoms with Gasteiger partial charge in [0.25, 0.3) is 0 Å². The standard InChI is InChI=1S/C28H33F6NO4.ClH/c29-27(30,31)22-13-19(14-23(15-22)28(32,33)34)17-39-25-8-7-24-20(18-38-12-11-37-10-4-9-36)16-26(25,35-24)21-5-2-1-3-6-21;/h1-3,5-6,13-15,20,24-25,35-36H,4,7-12,16-18H2;1H. The van der Waals surface area contributed by atoms with Gasteiger partial charge in [0.1, 0.15) is 0 Å². The summed E-state index contributed by atoms with van der Waals surface area (Å²) in [6, 6.07) is 11.3. The zero-order valence-electron chi connectivity index (χ0n) is 21.8. The third-order valence-corrected chi connectivity index (χ3v) is 7.42. The van der Waals surface area contributed by atoms with Crippen molar-refractivity contribution in [1.82, 2.24) is 5.32 Å². The topological polar surface area (TPSA) is 60.0 Å². The van der Waals surface area contributed by atoms with Gasteiger partial charge < -0.3 is 24.6 Å². The summed E-state index contributed by atoms with van der Waals surface area (Å²) in [5.41, 5.74) is -2.58. The second-order valence-corrected chi connectivity index (χ2v) is 10.1. The number of fused-ring (bicyclic) bond motifs is 2. The van der Waals surface area contributed by atoms with E-state index in [0.717, 1.165) is 24.1 Å². The van der Waals surface area contributed by atoms with Gasteiger partial charge in [0, 0.05) is 19.3 Å². The summed E-state index contributed by atoms with van der Waals surface area (Å²) < 4.78 is 97.4. The van der Waals surface area contributed by atoms with Crippen molar-refractivity contribution in [2.75, 3.05) is 33.0 Å². The molecule has 4 atom stereocenters. The largest absolute Gasteiger partial charge is 0.416 e. The predicted octanol–water partition coefficient (Wildman–Crippen LogP) is 6.11. The number of benzene rings is 2. The van der Waals surface area contributed by atoms with Crippen LogP contribution in [-0.2, 0) is 38.7 Å². The zero-order valence-corrected chi connectivity index (χ0v) is 22.6. The maximum atomic E-state index is 13.3. The molecule has 0 aliphatic carbocycles. The predicted molar refractivity (Wildman–Crippen MR) is 138 cm³/mol. The number of hydrogen-bond acceptors (Lipinski definition) is 5. The Morgan fingerprint density at radius 1 is 0.875 bits per heavy atom. The Labute approximate surface area is 235 Å². The number of piperidine rings is 1. The molecule has 0 aromatic heterocycles. The van der Waals surface area contributed by atoms with Crippen LogP contribution in [-0.4, -0.2) is 50.3 Å². The van der Waals surface area contributed by atoms with Crippen LogP contribution in [0.1, 0.15) is 47.9 Å². The number of hydrogen-bond donors (Lipinski definition) is 2. The first-order chi connectivity index (χ1) is 18.5. The monoisotopic (exact) mass is 597 g/mol. The van der Waals surface area contributed by atoms with Gasteiger partial charge >= 0.3 is 12.4 Å². The van der Waals surface area contributed by atoms with E-state index in [9.17, 15) is 26.3 Å². The Bertz CT molecular complexity index is 1040. The van der Waals surface area contributed by atoms with E-state index in [1.165, 1.54) is 0 Å². The van der Waals surface area contributed by atoms with Gasteiger partial charge in [-0.1, -0.05) is 30.3 Å². The second kappa shape index (κ2) is 13.8. The third-order valence-electron chi connectivity index (χ3n) is 7.42. The first-order valence-electron chi connectivity index (χ1n) is 13.0. The van der Waals surface area contributed by atoms with Crippen molar-refractivity contribution in [1.29, 1.82) is 0 Å². The summed E-state index contributed by atoms with van der Waals surface area (Å²) in [6.07, 6.45) is -7.75. The molecule has 2 bridgehead atoms. The summed E-state index contributed by atoms with van der Waals surface area (Å²) in [5.74, 6) is 0.140. The average molecular weight is 598 g/mol. The van der Waals surface area contributed by atoms with Crippen molar-refractivity contribution < 1.29 is 45.7 Å². The van der Waals surface area contributed by atoms with Crippen molar-refractivity contribution in [3.63, 3.8) is 0 Å². The fraction of sp³-hybridized carbons (Fsp3) is 0.571. The minimum atomic E-state index is -4.91. The molecule has 2 heterocycles. The molecule has 224 valence electrons. The third kappa shape index (κ3) is 7.89. The fourth-order valence-electron chi connectivity index (χ4n) is 5.62. The van der Waals surface area contributed by atoms with Crippen LogP contribution < -0.4 is 5.32 Å². The quantitative estimate of drug-likeness (QED) is 0.228. The van der Waals surface area contributed by atoms with E-state index in [2.05, 4.69) is 5.32 Å². The normalized spacial score (nSPS) is 24.6. The molecule has 5 nitrogen and oxygen atoms in total. The number of alkyl halides is 6. The first-order valence-corrected chi connectivity index (χ1v) is 13.0. The molecule has 2 aliphatic rings. The zero-order chi connectivity index (χ0) is 28.1. The Hall–Kier alpha value is -1.89. The molecule has 2 aliphatic heterocycles. The average Bonchev–Trinajstić information content (AvgIpc) is 3.20. The molecule has 2 aromatic carbocycles. The van der Waals surface area contributed by atoms with Crippen molar-refractivity contribution in [2.24, 2.45) is 5.92 Å². The molecule has 0 radical (unpaired) electrons. The van der Waals surface area contributed by atoms with Crippen molar-refractivity contribution in [3.05, 3.63) is 70.8 Å². The van der Waals surface area contributed by atoms with Crippen molar-refractivity contribution in [3.8, 4) is 0 Å². The van der Waals surface area contributed by atoms with E-state index in [0.29, 0.717) is 45.7 Å². The number of nitrogens with one attached hydrogen (secondary N) is 1. The first kappa shape index (κ1) is 32.6. The van der Waals surface area contributed by atoms with E-state index in [-0.39, 0.29) is 49.2 Å². The minimum absolute atomic E-state index is 0. The number of rotatable bonds is 12. The molecule has 2 fully saturated rings. The van der Waals surface area contributed by atoms with E-state index in [1.54, 1.807) is 0 Å². The molecule has 0 amide bonds. The highest BCUT2D eigenvalue weighted by atomic mass is 35.5. The van der Waals surface area contributed by atoms with Gasteiger partial charge in [-0.25, -0.2) is 0 Å². The Balaban J connectivity index is 0.00000441. The van der Waals surface area contributed by atoms with Gasteiger partial charge in [-0.05, 0) is 60.9 Å². The van der Waals surface area contributed by atoms with Crippen LogP contribution >= 0.6 is 12.4 Å². The summed E-state index contributed by atoms with van der Waals surface area (Å²) in [5, 5.41) is 12.5. The fourth-order valence-corrected chi connectivity index (χ4v) is 5.62. The van der Waals surface area contributed by atoms with Gasteiger partial charge in [-0.2, -0.15) is 26.3 Å². The second-order valence-electron chi connectivity index (χ2n) is 10.1. The van der Waals surface area contributed by atoms with Gasteiger partial charge in [0.05, 0.1) is 49.2 Å². The Morgan fingerprint density at radius 3 is 2.15 bits per heavy atom. The van der Waals surface area contributed by atoms with E-state index < -0.39 is 35.1 Å². The van der Waals surface area contributed by atoms with E-state index in [4.69, 9.17) is 19.3 Å². The molecule has 12 heteroatoms. The maximum absolute atomic E-state index is 13.3. The van der Waals surface area contributed by atoms with Gasteiger partial charge in [-0.3, -0.25) is 0 Å². The summed E-state index contributed by atoms with van der Waals surface area (Å²) in [7, 11) is 0. The lowest BCUT2D eigenvalue weighted by Gasteiger charge is -2.42. The summed E-state index contributed by atoms with van der Waals surface area (Å²) >= 11 is 0. The summed E-state index contributed by atoms with van der Waals surface area (Å²) in [6.45, 7) is 1.44. The number of aliphatic hydroxyl groups excluding tert-OH is 1. The van der Waals surface area contributed by atoms with E-state index >= 15 is 0 Å². The lowest BCUT2D eigenvalue weighted by molar-refractivity contribution is -0.143. The molecular weight excluding hydrogens is 564 g/mol. The molecule has 0 saturated carbocycles. The van der Waals surface area contributed by atoms with Crippen LogP contribution in [0.15, 0.2) is 48.5 Å². The Kier molecular flexibility index (Phi) is 11.3. The molecule has 2 saturated heterocycles. The molecule has 2 N–H and O–H groups in total. The van der Waals surface area contributed by atoms with Crippen LogP contribution in [0.5, 0.6) is 0 Å². The molecule has 0 spiro atoms. The molecule has 2 aromatic rings. The summed E-state index contributed by atoms with van der Waals surface area (Å²) in [4.78, 5) is 0. The number of aliphatic hydroxyl groups is 1. The number of halogens is 7. The molecular formula is C28H34ClF6NO4. The van der Waals surface area contributed by atoms with Crippen LogP contribution in [0, 0.1) is 5.92 Å². The van der Waals surface area contributed by atoms with Crippen LogP contribution in [0.2, 0.25) is 0 Å². The molecule has 40 heavy (non-hydrogen) atoms. The van der Waals surface area contributed by atoms with E-state index in [1.807, 2.05) is 30.3 Å². The molecule has 4 rings (SSSR count). The van der Waals surface area contributed by atoms with Crippen molar-refractivity contribution >= 4 is 12.4 Å². The lowest BCUT2D eigenvalue weighted by Crippen LogP contribution is -2.54. The smallest absolute Gasteiger partial charge is 0.396 e. The lowest BCUT2D eigenvalue weighted by atomic mass is 9.80. The van der Waals surface area contributed by atoms with Crippen LogP contribution in [0.25, 0.3) is 0 Å². The molecule has 4 unspecified atom stereocenters. The van der Waals surface area contributed by atoms with Crippen LogP contribution in [0.3, 0.4) is 0 Å². The van der Waals surface area contributed by atoms with Gasteiger partial charge in [0.15, 0.2) is 0 Å². The minimum Gasteiger partial charge on any atom is -0.396 e. The Morgan fingerprint density at radius 2 is 1.52 bits per heavy atom. The highest BCUT2D eigenvalue weighted by molar-refractivity contribution is 5.85. The van der Waals surface area contributed by atoms with Gasteiger partial charge in [-0.15, -0.1) is 12.4 Å².